The van der Waals surface area contributed by atoms with Gasteiger partial charge in [-0.05, 0) is 19.9 Å². The first-order valence-electron chi connectivity index (χ1n) is 7.60. The summed E-state index contributed by atoms with van der Waals surface area (Å²) in [5, 5.41) is 11.7. The monoisotopic (exact) mass is 350 g/mol. The molecule has 0 aliphatic carbocycles. The fraction of sp³-hybridized carbons (Fsp3) is 0.438. The number of carbonyl (C=O) groups excluding carboxylic acids is 1. The number of nitrogens with zero attached hydrogens (tertiary/aromatic N) is 3. The average Bonchev–Trinajstić information content (AvgIpc) is 3.14. The molecule has 0 bridgehead atoms. The summed E-state index contributed by atoms with van der Waals surface area (Å²) in [5.74, 6) is 1.41. The third-order valence-corrected chi connectivity index (χ3v) is 4.47. The highest BCUT2D eigenvalue weighted by Crippen LogP contribution is 2.29. The van der Waals surface area contributed by atoms with E-state index in [1.807, 2.05) is 24.5 Å². The first-order valence-corrected chi connectivity index (χ1v) is 8.48. The number of nitrogens with one attached hydrogen (secondary N) is 1. The molecule has 0 aromatic carbocycles. The lowest BCUT2D eigenvalue weighted by Gasteiger charge is -2.12. The number of thioether (sulfide) groups is 1. The van der Waals surface area contributed by atoms with Gasteiger partial charge in [-0.3, -0.25) is 9.36 Å². The van der Waals surface area contributed by atoms with Gasteiger partial charge in [-0.1, -0.05) is 17.8 Å². The number of hydrogen-bond donors (Lipinski definition) is 1. The second-order valence-corrected chi connectivity index (χ2v) is 6.45. The lowest BCUT2D eigenvalue weighted by Crippen LogP contribution is -2.33. The van der Waals surface area contributed by atoms with Gasteiger partial charge in [0.1, 0.15) is 5.76 Å². The fourth-order valence-corrected chi connectivity index (χ4v) is 3.00. The minimum atomic E-state index is -0.298. The molecule has 0 unspecified atom stereocenters. The number of rotatable bonds is 9. The van der Waals surface area contributed by atoms with Crippen molar-refractivity contribution in [3.8, 4) is 11.4 Å². The standard InChI is InChI=1S/C16H22N4O3S/c1-5-8-20-14(13-6-9-23-11(13)2)18-19-16(20)24-12(3)15(21)17-7-10-22-4/h5-6,9,12H,1,7-8,10H2,2-4H3,(H,17,21)/t12-/m0/s1. The first-order chi connectivity index (χ1) is 11.6. The van der Waals surface area contributed by atoms with Crippen LogP contribution in [0.3, 0.4) is 0 Å². The zero-order valence-corrected chi connectivity index (χ0v) is 14.9. The number of aryl methyl sites for hydroxylation is 1. The van der Waals surface area contributed by atoms with Gasteiger partial charge in [-0.15, -0.1) is 16.8 Å². The molecule has 1 amide bonds. The van der Waals surface area contributed by atoms with Crippen molar-refractivity contribution in [2.45, 2.75) is 30.8 Å². The van der Waals surface area contributed by atoms with Crippen molar-refractivity contribution in [1.29, 1.82) is 0 Å². The van der Waals surface area contributed by atoms with E-state index in [0.717, 1.165) is 11.3 Å². The molecule has 0 saturated carbocycles. The Balaban J connectivity index is 2.15. The molecule has 7 nitrogen and oxygen atoms in total. The summed E-state index contributed by atoms with van der Waals surface area (Å²) in [6, 6.07) is 1.86. The normalized spacial score (nSPS) is 12.1. The van der Waals surface area contributed by atoms with Crippen molar-refractivity contribution in [3.63, 3.8) is 0 Å². The summed E-state index contributed by atoms with van der Waals surface area (Å²) in [6.45, 7) is 9.02. The predicted molar refractivity (Wildman–Crippen MR) is 92.9 cm³/mol. The zero-order chi connectivity index (χ0) is 17.5. The van der Waals surface area contributed by atoms with Crippen molar-refractivity contribution >= 4 is 17.7 Å². The van der Waals surface area contributed by atoms with E-state index in [9.17, 15) is 4.79 Å². The molecule has 0 spiro atoms. The van der Waals surface area contributed by atoms with Crippen molar-refractivity contribution in [1.82, 2.24) is 20.1 Å². The van der Waals surface area contributed by atoms with Crippen molar-refractivity contribution < 1.29 is 13.9 Å². The van der Waals surface area contributed by atoms with Gasteiger partial charge in [0.2, 0.25) is 5.91 Å². The van der Waals surface area contributed by atoms with Gasteiger partial charge in [-0.2, -0.15) is 0 Å². The van der Waals surface area contributed by atoms with Crippen LogP contribution < -0.4 is 5.32 Å². The molecular formula is C16H22N4O3S. The van der Waals surface area contributed by atoms with Gasteiger partial charge in [0, 0.05) is 20.2 Å². The molecule has 8 heteroatoms. The summed E-state index contributed by atoms with van der Waals surface area (Å²) in [6.07, 6.45) is 3.39. The van der Waals surface area contributed by atoms with Crippen LogP contribution in [0, 0.1) is 6.92 Å². The number of carbonyl (C=O) groups is 1. The molecule has 0 saturated heterocycles. The Labute approximate surface area is 145 Å². The second kappa shape index (κ2) is 8.70. The lowest BCUT2D eigenvalue weighted by molar-refractivity contribution is -0.120. The van der Waals surface area contributed by atoms with Crippen LogP contribution in [0.5, 0.6) is 0 Å². The Kier molecular flexibility index (Phi) is 6.62. The maximum atomic E-state index is 12.1. The maximum absolute atomic E-state index is 12.1. The number of methoxy groups -OCH3 is 1. The number of ether oxygens (including phenoxy) is 1. The molecule has 0 fully saturated rings. The fourth-order valence-electron chi connectivity index (χ4n) is 2.12. The summed E-state index contributed by atoms with van der Waals surface area (Å²) in [7, 11) is 1.60. The minimum Gasteiger partial charge on any atom is -0.469 e. The summed E-state index contributed by atoms with van der Waals surface area (Å²) in [4.78, 5) is 12.1. The number of aromatic nitrogens is 3. The van der Waals surface area contributed by atoms with Crippen LogP contribution in [-0.2, 0) is 16.1 Å². The van der Waals surface area contributed by atoms with Crippen LogP contribution >= 0.6 is 11.8 Å². The van der Waals surface area contributed by atoms with Crippen molar-refractivity contribution in [2.75, 3.05) is 20.3 Å². The molecule has 2 aromatic rings. The van der Waals surface area contributed by atoms with Crippen LogP contribution in [0.4, 0.5) is 0 Å². The molecule has 130 valence electrons. The molecule has 1 atom stereocenters. The molecule has 1 N–H and O–H groups in total. The third-order valence-electron chi connectivity index (χ3n) is 3.39. The molecule has 2 heterocycles. The van der Waals surface area contributed by atoms with Gasteiger partial charge in [-0.25, -0.2) is 0 Å². The van der Waals surface area contributed by atoms with Gasteiger partial charge >= 0.3 is 0 Å². The second-order valence-electron chi connectivity index (χ2n) is 5.14. The van der Waals surface area contributed by atoms with E-state index in [4.69, 9.17) is 9.15 Å². The SMILES string of the molecule is C=CCn1c(S[C@@H](C)C(=O)NCCOC)nnc1-c1ccoc1C. The summed E-state index contributed by atoms with van der Waals surface area (Å²) >= 11 is 1.36. The van der Waals surface area contributed by atoms with Crippen LogP contribution in [-0.4, -0.2) is 46.2 Å². The highest BCUT2D eigenvalue weighted by atomic mass is 32.2. The topological polar surface area (TPSA) is 82.2 Å². The molecule has 0 aliphatic heterocycles. The number of allylic oxidation sites excluding steroid dienone is 1. The van der Waals surface area contributed by atoms with Crippen LogP contribution in [0.25, 0.3) is 11.4 Å². The molecular weight excluding hydrogens is 328 g/mol. The highest BCUT2D eigenvalue weighted by molar-refractivity contribution is 8.00. The van der Waals surface area contributed by atoms with Gasteiger partial charge < -0.3 is 14.5 Å². The zero-order valence-electron chi connectivity index (χ0n) is 14.1. The molecule has 24 heavy (non-hydrogen) atoms. The first kappa shape index (κ1) is 18.3. The van der Waals surface area contributed by atoms with E-state index in [-0.39, 0.29) is 11.2 Å². The maximum Gasteiger partial charge on any atom is 0.233 e. The molecule has 2 aromatic heterocycles. The Morgan fingerprint density at radius 3 is 3.00 bits per heavy atom. The van der Waals surface area contributed by atoms with Crippen LogP contribution in [0.1, 0.15) is 12.7 Å². The minimum absolute atomic E-state index is 0.0637. The highest BCUT2D eigenvalue weighted by Gasteiger charge is 2.21. The van der Waals surface area contributed by atoms with Crippen molar-refractivity contribution in [2.24, 2.45) is 0 Å². The van der Waals surface area contributed by atoms with E-state index in [0.29, 0.717) is 30.7 Å². The third kappa shape index (κ3) is 4.27. The molecule has 0 radical (unpaired) electrons. The Bertz CT molecular complexity index is 695. The van der Waals surface area contributed by atoms with E-state index in [1.54, 1.807) is 19.4 Å². The quantitative estimate of drug-likeness (QED) is 0.424. The Hall–Kier alpha value is -2.06. The van der Waals surface area contributed by atoms with Crippen molar-refractivity contribution in [3.05, 3.63) is 30.7 Å². The van der Waals surface area contributed by atoms with E-state index in [2.05, 4.69) is 22.1 Å². The predicted octanol–water partition coefficient (Wildman–Crippen LogP) is 2.28. The lowest BCUT2D eigenvalue weighted by atomic mass is 10.2. The summed E-state index contributed by atoms with van der Waals surface area (Å²) < 4.78 is 12.2. The van der Waals surface area contributed by atoms with Crippen LogP contribution in [0.2, 0.25) is 0 Å². The van der Waals surface area contributed by atoms with E-state index >= 15 is 0 Å². The van der Waals surface area contributed by atoms with Gasteiger partial charge in [0.05, 0.1) is 23.7 Å². The molecule has 0 aliphatic rings. The van der Waals surface area contributed by atoms with E-state index < -0.39 is 0 Å². The summed E-state index contributed by atoms with van der Waals surface area (Å²) in [5.41, 5.74) is 0.883. The number of amides is 1. The molecule has 2 rings (SSSR count). The Morgan fingerprint density at radius 2 is 2.38 bits per heavy atom. The van der Waals surface area contributed by atoms with Gasteiger partial charge in [0.15, 0.2) is 11.0 Å². The average molecular weight is 350 g/mol. The van der Waals surface area contributed by atoms with Gasteiger partial charge in [0.25, 0.3) is 0 Å². The van der Waals surface area contributed by atoms with E-state index in [1.165, 1.54) is 11.8 Å². The number of furan rings is 1. The van der Waals surface area contributed by atoms with Crippen LogP contribution in [0.15, 0.2) is 34.6 Å². The smallest absolute Gasteiger partial charge is 0.233 e. The largest absolute Gasteiger partial charge is 0.469 e. The Morgan fingerprint density at radius 1 is 1.58 bits per heavy atom. The number of hydrogen-bond acceptors (Lipinski definition) is 6.